The smallest absolute Gasteiger partial charge is 0.220 e. The number of aliphatic hydroxyl groups excluding tert-OH is 5. The Morgan fingerprint density at radius 2 is 1.08 bits per heavy atom. The molecule has 0 aromatic heterocycles. The van der Waals surface area contributed by atoms with E-state index in [1.807, 2.05) is 6.08 Å². The quantitative estimate of drug-likeness (QED) is 0.0281. The highest BCUT2D eigenvalue weighted by Crippen LogP contribution is 2.22. The second-order valence-electron chi connectivity index (χ2n) is 15.1. The van der Waals surface area contributed by atoms with Crippen molar-refractivity contribution in [3.63, 3.8) is 0 Å². The van der Waals surface area contributed by atoms with Gasteiger partial charge in [0, 0.05) is 6.42 Å². The zero-order valence-electron chi connectivity index (χ0n) is 33.3. The Labute approximate surface area is 318 Å². The van der Waals surface area contributed by atoms with Crippen molar-refractivity contribution in [3.8, 4) is 0 Å². The van der Waals surface area contributed by atoms with Gasteiger partial charge in [0.25, 0.3) is 0 Å². The first-order valence-electron chi connectivity index (χ1n) is 21.6. The van der Waals surface area contributed by atoms with Gasteiger partial charge < -0.3 is 40.3 Å². The van der Waals surface area contributed by atoms with Crippen LogP contribution in [0, 0.1) is 0 Å². The van der Waals surface area contributed by atoms with Crippen molar-refractivity contribution >= 4 is 5.91 Å². The second-order valence-corrected chi connectivity index (χ2v) is 15.1. The number of nitrogens with one attached hydrogen (secondary N) is 1. The van der Waals surface area contributed by atoms with Crippen LogP contribution in [0.4, 0.5) is 0 Å². The summed E-state index contributed by atoms with van der Waals surface area (Å²) in [5, 5.41) is 53.7. The summed E-state index contributed by atoms with van der Waals surface area (Å²) in [7, 11) is 0. The SMILES string of the molecule is CCCCCC/C=C/C(O)C(COC1OC(CO)C(O)C(O)C1O)NC(=O)CCCCCCCCCCCCC/C=C\CCCCCCCCCC. The number of ether oxygens (including phenoxy) is 2. The molecule has 9 nitrogen and oxygen atoms in total. The van der Waals surface area contributed by atoms with Crippen LogP contribution in [0.15, 0.2) is 24.3 Å². The van der Waals surface area contributed by atoms with Gasteiger partial charge in [-0.3, -0.25) is 4.79 Å². The normalized spacial score (nSPS) is 22.0. The molecular weight excluding hydrogens is 658 g/mol. The first kappa shape index (κ1) is 48.7. The number of allylic oxidation sites excluding steroid dienone is 3. The minimum absolute atomic E-state index is 0.184. The lowest BCUT2D eigenvalue weighted by Gasteiger charge is -2.40. The van der Waals surface area contributed by atoms with Crippen LogP contribution in [0.1, 0.15) is 187 Å². The molecule has 0 aliphatic carbocycles. The fourth-order valence-electron chi connectivity index (χ4n) is 6.74. The average Bonchev–Trinajstić information content (AvgIpc) is 3.14. The monoisotopic (exact) mass is 740 g/mol. The van der Waals surface area contributed by atoms with Crippen molar-refractivity contribution in [2.45, 2.75) is 230 Å². The van der Waals surface area contributed by atoms with Crippen LogP contribution in [-0.4, -0.2) is 87.5 Å². The van der Waals surface area contributed by atoms with E-state index in [0.717, 1.165) is 44.9 Å². The maximum Gasteiger partial charge on any atom is 0.220 e. The summed E-state index contributed by atoms with van der Waals surface area (Å²) in [6.45, 7) is 3.68. The van der Waals surface area contributed by atoms with Crippen LogP contribution in [0.3, 0.4) is 0 Å². The summed E-state index contributed by atoms with van der Waals surface area (Å²) >= 11 is 0. The first-order valence-corrected chi connectivity index (χ1v) is 21.6. The molecule has 7 unspecified atom stereocenters. The Bertz CT molecular complexity index is 868. The van der Waals surface area contributed by atoms with Crippen LogP contribution < -0.4 is 5.32 Å². The third-order valence-electron chi connectivity index (χ3n) is 10.3. The van der Waals surface area contributed by atoms with Crippen molar-refractivity contribution in [2.75, 3.05) is 13.2 Å². The van der Waals surface area contributed by atoms with E-state index in [-0.39, 0.29) is 12.5 Å². The summed E-state index contributed by atoms with van der Waals surface area (Å²) in [5.41, 5.74) is 0. The molecule has 7 atom stereocenters. The Hall–Kier alpha value is -1.33. The molecule has 1 saturated heterocycles. The molecule has 0 aromatic rings. The number of aliphatic hydroxyl groups is 5. The lowest BCUT2D eigenvalue weighted by Crippen LogP contribution is -2.60. The number of unbranched alkanes of at least 4 members (excludes halogenated alkanes) is 23. The van der Waals surface area contributed by atoms with Gasteiger partial charge in [-0.2, -0.15) is 0 Å². The summed E-state index contributed by atoms with van der Waals surface area (Å²) in [6.07, 6.45) is 32.6. The van der Waals surface area contributed by atoms with E-state index in [2.05, 4.69) is 31.3 Å². The van der Waals surface area contributed by atoms with E-state index in [4.69, 9.17) is 9.47 Å². The number of amides is 1. The summed E-state index contributed by atoms with van der Waals surface area (Å²) in [6, 6.07) is -0.798. The van der Waals surface area contributed by atoms with Gasteiger partial charge in [0.15, 0.2) is 6.29 Å². The molecule has 306 valence electrons. The standard InChI is InChI=1S/C43H81NO8/c1-3-5-7-9-11-12-13-14-15-16-17-18-19-20-21-22-23-24-25-26-27-29-31-33-39(47)44-36(37(46)32-30-28-10-8-6-4-2)35-51-43-42(50)41(49)40(48)38(34-45)52-43/h16-17,30,32,36-38,40-43,45-46,48-50H,3-15,18-29,31,33-35H2,1-2H3,(H,44,47)/b17-16-,32-30+. The van der Waals surface area contributed by atoms with Gasteiger partial charge in [0.1, 0.15) is 24.4 Å². The predicted octanol–water partition coefficient (Wildman–Crippen LogP) is 8.33. The molecule has 0 bridgehead atoms. The zero-order valence-corrected chi connectivity index (χ0v) is 33.3. The van der Waals surface area contributed by atoms with Gasteiger partial charge in [-0.15, -0.1) is 0 Å². The van der Waals surface area contributed by atoms with Crippen molar-refractivity contribution in [3.05, 3.63) is 24.3 Å². The molecule has 1 aliphatic rings. The fraction of sp³-hybridized carbons (Fsp3) is 0.884. The maximum atomic E-state index is 12.8. The number of carbonyl (C=O) groups is 1. The van der Waals surface area contributed by atoms with E-state index >= 15 is 0 Å². The topological polar surface area (TPSA) is 149 Å². The van der Waals surface area contributed by atoms with E-state index in [1.165, 1.54) is 122 Å². The van der Waals surface area contributed by atoms with Crippen molar-refractivity contribution < 1.29 is 39.8 Å². The summed E-state index contributed by atoms with van der Waals surface area (Å²) < 4.78 is 11.1. The molecule has 6 N–H and O–H groups in total. The molecule has 0 spiro atoms. The van der Waals surface area contributed by atoms with Crippen molar-refractivity contribution in [2.24, 2.45) is 0 Å². The fourth-order valence-corrected chi connectivity index (χ4v) is 6.74. The molecule has 1 heterocycles. The Morgan fingerprint density at radius 1 is 0.635 bits per heavy atom. The Morgan fingerprint density at radius 3 is 1.58 bits per heavy atom. The minimum atomic E-state index is -1.56. The molecule has 52 heavy (non-hydrogen) atoms. The molecule has 0 radical (unpaired) electrons. The third kappa shape index (κ3) is 24.9. The molecular formula is C43H81NO8. The largest absolute Gasteiger partial charge is 0.394 e. The minimum Gasteiger partial charge on any atom is -0.394 e. The number of carbonyl (C=O) groups excluding carboxylic acids is 1. The molecule has 0 saturated carbocycles. The van der Waals surface area contributed by atoms with Crippen LogP contribution in [-0.2, 0) is 14.3 Å². The second kappa shape index (κ2) is 34.2. The van der Waals surface area contributed by atoms with Crippen molar-refractivity contribution in [1.82, 2.24) is 5.32 Å². The van der Waals surface area contributed by atoms with Gasteiger partial charge in [-0.05, 0) is 44.9 Å². The van der Waals surface area contributed by atoms with Crippen LogP contribution in [0.2, 0.25) is 0 Å². The molecule has 1 aliphatic heterocycles. The highest BCUT2D eigenvalue weighted by atomic mass is 16.7. The van der Waals surface area contributed by atoms with Crippen LogP contribution in [0.5, 0.6) is 0 Å². The van der Waals surface area contributed by atoms with Crippen LogP contribution >= 0.6 is 0 Å². The number of rotatable bonds is 35. The molecule has 1 amide bonds. The maximum absolute atomic E-state index is 12.8. The third-order valence-corrected chi connectivity index (χ3v) is 10.3. The van der Waals surface area contributed by atoms with Gasteiger partial charge in [0.05, 0.1) is 25.4 Å². The first-order chi connectivity index (χ1) is 25.3. The Balaban J connectivity index is 2.19. The molecule has 9 heteroatoms. The Kier molecular flexibility index (Phi) is 32.0. The molecule has 0 aromatic carbocycles. The summed E-state index contributed by atoms with van der Waals surface area (Å²) in [4.78, 5) is 12.8. The summed E-state index contributed by atoms with van der Waals surface area (Å²) in [5.74, 6) is -0.184. The lowest BCUT2D eigenvalue weighted by atomic mass is 9.99. The zero-order chi connectivity index (χ0) is 38.1. The van der Waals surface area contributed by atoms with E-state index < -0.39 is 49.5 Å². The average molecular weight is 740 g/mol. The number of hydrogen-bond donors (Lipinski definition) is 6. The number of hydrogen-bond acceptors (Lipinski definition) is 8. The van der Waals surface area contributed by atoms with Gasteiger partial charge in [0.2, 0.25) is 5.91 Å². The van der Waals surface area contributed by atoms with Gasteiger partial charge in [-0.1, -0.05) is 160 Å². The van der Waals surface area contributed by atoms with E-state index in [1.54, 1.807) is 6.08 Å². The van der Waals surface area contributed by atoms with Crippen LogP contribution in [0.25, 0.3) is 0 Å². The lowest BCUT2D eigenvalue weighted by molar-refractivity contribution is -0.302. The molecule has 1 fully saturated rings. The predicted molar refractivity (Wildman–Crippen MR) is 212 cm³/mol. The van der Waals surface area contributed by atoms with Crippen molar-refractivity contribution in [1.29, 1.82) is 0 Å². The highest BCUT2D eigenvalue weighted by molar-refractivity contribution is 5.76. The molecule has 1 rings (SSSR count). The van der Waals surface area contributed by atoms with E-state index in [0.29, 0.717) is 6.42 Å². The van der Waals surface area contributed by atoms with E-state index in [9.17, 15) is 30.3 Å². The van der Waals surface area contributed by atoms with Gasteiger partial charge in [-0.25, -0.2) is 0 Å². The van der Waals surface area contributed by atoms with Gasteiger partial charge >= 0.3 is 0 Å². The highest BCUT2D eigenvalue weighted by Gasteiger charge is 2.44.